The van der Waals surface area contributed by atoms with Crippen LogP contribution in [0.4, 0.5) is 0 Å². The lowest BCUT2D eigenvalue weighted by molar-refractivity contribution is -0.136. The molecule has 0 aromatic carbocycles. The van der Waals surface area contributed by atoms with Gasteiger partial charge in [-0.2, -0.15) is 0 Å². The molecular formula is C8H8Cl2N2O2S. The van der Waals surface area contributed by atoms with Crippen LogP contribution in [0.2, 0.25) is 4.34 Å². The number of thiazole rings is 1. The molecule has 0 radical (unpaired) electrons. The minimum Gasteiger partial charge on any atom is -0.481 e. The summed E-state index contributed by atoms with van der Waals surface area (Å²) in [5.74, 6) is -0.806. The van der Waals surface area contributed by atoms with Gasteiger partial charge < -0.3 is 5.11 Å². The van der Waals surface area contributed by atoms with Crippen molar-refractivity contribution >= 4 is 46.3 Å². The molecular weight excluding hydrogens is 259 g/mol. The third-order valence-electron chi connectivity index (χ3n) is 1.77. The summed E-state index contributed by atoms with van der Waals surface area (Å²) < 4.78 is 2.49. The highest BCUT2D eigenvalue weighted by Gasteiger charge is 2.06. The second kappa shape index (κ2) is 4.83. The van der Waals surface area contributed by atoms with Gasteiger partial charge in [0, 0.05) is 18.8 Å². The Balaban J connectivity index is 0.00000112. The number of rotatable bonds is 3. The summed E-state index contributed by atoms with van der Waals surface area (Å²) >= 11 is 7.14. The maximum Gasteiger partial charge on any atom is 0.303 e. The molecule has 0 fully saturated rings. The predicted octanol–water partition coefficient (Wildman–Crippen LogP) is 2.49. The van der Waals surface area contributed by atoms with Gasteiger partial charge in [0.05, 0.1) is 12.1 Å². The maximum atomic E-state index is 10.3. The van der Waals surface area contributed by atoms with E-state index in [0.717, 1.165) is 10.7 Å². The van der Waals surface area contributed by atoms with Crippen molar-refractivity contribution < 1.29 is 9.90 Å². The van der Waals surface area contributed by atoms with Crippen LogP contribution in [0.1, 0.15) is 12.1 Å². The first-order chi connectivity index (χ1) is 6.65. The zero-order valence-electron chi connectivity index (χ0n) is 7.51. The van der Waals surface area contributed by atoms with E-state index in [1.165, 1.54) is 11.3 Å². The molecule has 0 bridgehead atoms. The Labute approximate surface area is 101 Å². The van der Waals surface area contributed by atoms with E-state index >= 15 is 0 Å². The van der Waals surface area contributed by atoms with Gasteiger partial charge in [-0.05, 0) is 0 Å². The lowest BCUT2D eigenvalue weighted by Crippen LogP contribution is -1.97. The average Bonchev–Trinajstić information content (AvgIpc) is 2.57. The van der Waals surface area contributed by atoms with Crippen molar-refractivity contribution in [1.29, 1.82) is 0 Å². The molecule has 4 nitrogen and oxygen atoms in total. The molecule has 2 heterocycles. The fraction of sp³-hybridized carbons (Fsp3) is 0.250. The number of fused-ring (bicyclic) bond motifs is 1. The Morgan fingerprint density at radius 2 is 2.33 bits per heavy atom. The largest absolute Gasteiger partial charge is 0.481 e. The van der Waals surface area contributed by atoms with E-state index in [2.05, 4.69) is 4.98 Å². The molecule has 82 valence electrons. The second-order valence-electron chi connectivity index (χ2n) is 2.85. The van der Waals surface area contributed by atoms with Gasteiger partial charge in [-0.15, -0.1) is 12.4 Å². The zero-order valence-corrected chi connectivity index (χ0v) is 9.90. The number of nitrogens with zero attached hydrogens (tertiary/aromatic N) is 2. The van der Waals surface area contributed by atoms with Crippen molar-refractivity contribution in [3.8, 4) is 0 Å². The predicted molar refractivity (Wildman–Crippen MR) is 61.3 cm³/mol. The molecule has 0 aliphatic carbocycles. The number of halogens is 2. The molecule has 1 N–H and O–H groups in total. The van der Waals surface area contributed by atoms with Gasteiger partial charge in [-0.25, -0.2) is 4.98 Å². The fourth-order valence-electron chi connectivity index (χ4n) is 1.17. The van der Waals surface area contributed by atoms with E-state index in [9.17, 15) is 4.79 Å². The smallest absolute Gasteiger partial charge is 0.303 e. The minimum absolute atomic E-state index is 0. The summed E-state index contributed by atoms with van der Waals surface area (Å²) in [4.78, 5) is 15.4. The van der Waals surface area contributed by atoms with Gasteiger partial charge in [0.25, 0.3) is 0 Å². The van der Waals surface area contributed by atoms with Crippen LogP contribution in [0.3, 0.4) is 0 Å². The van der Waals surface area contributed by atoms with Crippen LogP contribution >= 0.6 is 35.3 Å². The normalized spacial score (nSPS) is 10.2. The van der Waals surface area contributed by atoms with Crippen LogP contribution < -0.4 is 0 Å². The summed E-state index contributed by atoms with van der Waals surface area (Å²) in [5.41, 5.74) is 0.787. The SMILES string of the molecule is Cl.O=C(O)CCc1cn2cc(Cl)sc2n1. The summed E-state index contributed by atoms with van der Waals surface area (Å²) in [5, 5.41) is 8.49. The fourth-order valence-corrected chi connectivity index (χ4v) is 2.20. The quantitative estimate of drug-likeness (QED) is 0.929. The van der Waals surface area contributed by atoms with Crippen LogP contribution in [0, 0.1) is 0 Å². The highest BCUT2D eigenvalue weighted by atomic mass is 35.5. The molecule has 2 rings (SSSR count). The molecule has 0 saturated carbocycles. The molecule has 15 heavy (non-hydrogen) atoms. The van der Waals surface area contributed by atoms with E-state index in [1.54, 1.807) is 12.4 Å². The monoisotopic (exact) mass is 266 g/mol. The third kappa shape index (κ3) is 2.84. The number of aromatic nitrogens is 2. The number of carboxylic acid groups (broad SMARTS) is 1. The number of hydrogen-bond donors (Lipinski definition) is 1. The number of carboxylic acids is 1. The van der Waals surface area contributed by atoms with Crippen LogP contribution in [0.25, 0.3) is 4.96 Å². The van der Waals surface area contributed by atoms with Gasteiger partial charge in [0.2, 0.25) is 0 Å². The second-order valence-corrected chi connectivity index (χ2v) is 4.49. The summed E-state index contributed by atoms with van der Waals surface area (Å²) in [6.07, 6.45) is 4.14. The molecule has 0 unspecified atom stereocenters. The van der Waals surface area contributed by atoms with E-state index < -0.39 is 5.97 Å². The van der Waals surface area contributed by atoms with Crippen LogP contribution in [0.15, 0.2) is 12.4 Å². The minimum atomic E-state index is -0.806. The van der Waals surface area contributed by atoms with Crippen molar-refractivity contribution in [1.82, 2.24) is 9.38 Å². The van der Waals surface area contributed by atoms with Crippen molar-refractivity contribution in [2.45, 2.75) is 12.8 Å². The maximum absolute atomic E-state index is 10.3. The molecule has 0 aliphatic rings. The van der Waals surface area contributed by atoms with E-state index in [0.29, 0.717) is 10.8 Å². The van der Waals surface area contributed by atoms with Gasteiger partial charge >= 0.3 is 5.97 Å². The van der Waals surface area contributed by atoms with E-state index in [-0.39, 0.29) is 18.8 Å². The number of aliphatic carboxylic acids is 1. The zero-order chi connectivity index (χ0) is 10.1. The molecule has 0 amide bonds. The average molecular weight is 267 g/mol. The van der Waals surface area contributed by atoms with Gasteiger partial charge in [0.1, 0.15) is 4.34 Å². The van der Waals surface area contributed by atoms with Crippen LogP contribution in [0.5, 0.6) is 0 Å². The lowest BCUT2D eigenvalue weighted by Gasteiger charge is -1.89. The molecule has 7 heteroatoms. The Morgan fingerprint density at radius 3 is 2.93 bits per heavy atom. The van der Waals surface area contributed by atoms with Gasteiger partial charge in [-0.1, -0.05) is 22.9 Å². The number of carbonyl (C=O) groups is 1. The first-order valence-corrected chi connectivity index (χ1v) is 5.19. The first-order valence-electron chi connectivity index (χ1n) is 4.00. The standard InChI is InChI=1S/C8H7ClN2O2S.ClH/c9-6-4-11-3-5(1-2-7(12)13)10-8(11)14-6;/h3-4H,1-2H2,(H,12,13);1H. The highest BCUT2D eigenvalue weighted by molar-refractivity contribution is 7.20. The molecule has 0 saturated heterocycles. The Kier molecular flexibility index (Phi) is 3.96. The van der Waals surface area contributed by atoms with E-state index in [1.807, 2.05) is 4.40 Å². The number of hydrogen-bond acceptors (Lipinski definition) is 3. The van der Waals surface area contributed by atoms with Crippen LogP contribution in [-0.4, -0.2) is 20.5 Å². The van der Waals surface area contributed by atoms with Crippen LogP contribution in [-0.2, 0) is 11.2 Å². The van der Waals surface area contributed by atoms with Gasteiger partial charge in [-0.3, -0.25) is 9.20 Å². The summed E-state index contributed by atoms with van der Waals surface area (Å²) in [7, 11) is 0. The summed E-state index contributed by atoms with van der Waals surface area (Å²) in [6.45, 7) is 0. The first kappa shape index (κ1) is 12.3. The van der Waals surface area contributed by atoms with Crippen molar-refractivity contribution in [2.24, 2.45) is 0 Å². The summed E-state index contributed by atoms with van der Waals surface area (Å²) in [6, 6.07) is 0. The molecule has 0 aliphatic heterocycles. The van der Waals surface area contributed by atoms with Crippen molar-refractivity contribution in [3.63, 3.8) is 0 Å². The molecule has 2 aromatic rings. The molecule has 2 aromatic heterocycles. The lowest BCUT2D eigenvalue weighted by atomic mass is 10.2. The number of aryl methyl sites for hydroxylation is 1. The molecule has 0 spiro atoms. The van der Waals surface area contributed by atoms with Crippen molar-refractivity contribution in [3.05, 3.63) is 22.4 Å². The highest BCUT2D eigenvalue weighted by Crippen LogP contribution is 2.22. The number of imidazole rings is 1. The van der Waals surface area contributed by atoms with E-state index in [4.69, 9.17) is 16.7 Å². The topological polar surface area (TPSA) is 54.6 Å². The Morgan fingerprint density at radius 1 is 1.60 bits per heavy atom. The third-order valence-corrected chi connectivity index (χ3v) is 2.89. The van der Waals surface area contributed by atoms with Gasteiger partial charge in [0.15, 0.2) is 4.96 Å². The van der Waals surface area contributed by atoms with Crippen molar-refractivity contribution in [2.75, 3.05) is 0 Å². The Hall–Kier alpha value is -0.780. The molecule has 0 atom stereocenters. The Bertz CT molecular complexity index is 448.